The maximum atomic E-state index is 11.6. The van der Waals surface area contributed by atoms with E-state index >= 15 is 0 Å². The highest BCUT2D eigenvalue weighted by molar-refractivity contribution is 5.90. The van der Waals surface area contributed by atoms with Gasteiger partial charge in [-0.25, -0.2) is 0 Å². The molecule has 1 aromatic carbocycles. The zero-order chi connectivity index (χ0) is 12.6. The Kier molecular flexibility index (Phi) is 2.46. The van der Waals surface area contributed by atoms with Gasteiger partial charge in [0.15, 0.2) is 5.78 Å². The summed E-state index contributed by atoms with van der Waals surface area (Å²) in [7, 11) is 0. The summed E-state index contributed by atoms with van der Waals surface area (Å²) >= 11 is 0. The lowest BCUT2D eigenvalue weighted by molar-refractivity contribution is -0.437. The molecule has 0 aromatic heterocycles. The lowest BCUT2D eigenvalue weighted by Crippen LogP contribution is -2.46. The molecule has 0 saturated heterocycles. The monoisotopic (exact) mass is 233 g/mol. The molecule has 0 aliphatic carbocycles. The molecule has 0 radical (unpaired) electrons. The van der Waals surface area contributed by atoms with Gasteiger partial charge in [-0.15, -0.1) is 0 Å². The third-order valence-corrected chi connectivity index (χ3v) is 2.88. The quantitative estimate of drug-likeness (QED) is 0.579. The van der Waals surface area contributed by atoms with E-state index in [9.17, 15) is 14.9 Å². The summed E-state index contributed by atoms with van der Waals surface area (Å²) in [5, 5.41) is 11.0. The van der Waals surface area contributed by atoms with E-state index in [0.29, 0.717) is 11.3 Å². The number of hydrogen-bond donors (Lipinski definition) is 0. The lowest BCUT2D eigenvalue weighted by atomic mass is 9.93. The van der Waals surface area contributed by atoms with E-state index in [0.717, 1.165) is 0 Å². The summed E-state index contributed by atoms with van der Waals surface area (Å²) in [5.74, 6) is 0.0887. The number of para-hydroxylation sites is 1. The van der Waals surface area contributed by atoms with Gasteiger partial charge < -0.3 is 4.74 Å². The zero-order valence-electron chi connectivity index (χ0n) is 9.47. The van der Waals surface area contributed by atoms with Crippen LogP contribution in [0.4, 0.5) is 0 Å². The molecule has 1 aliphatic rings. The Balaban J connectivity index is 2.62. The van der Waals surface area contributed by atoms with Gasteiger partial charge in [-0.1, -0.05) is 18.2 Å². The van der Waals surface area contributed by atoms with Crippen molar-refractivity contribution in [1.82, 2.24) is 0 Å². The molecular weight excluding hydrogens is 222 g/mol. The third-order valence-electron chi connectivity index (χ3n) is 2.88. The topological polar surface area (TPSA) is 69.4 Å². The summed E-state index contributed by atoms with van der Waals surface area (Å²) < 4.78 is 5.50. The van der Waals surface area contributed by atoms with E-state index in [-0.39, 0.29) is 5.70 Å². The van der Waals surface area contributed by atoms with E-state index < -0.39 is 16.3 Å². The SMILES string of the molecule is CC(=O)C1(C)Oc2ccccc2C=C1[N+](=O)[O-]. The normalized spacial score (nSPS) is 22.1. The van der Waals surface area contributed by atoms with Crippen molar-refractivity contribution < 1.29 is 14.5 Å². The van der Waals surface area contributed by atoms with Crippen molar-refractivity contribution in [2.45, 2.75) is 19.4 Å². The van der Waals surface area contributed by atoms with E-state index in [4.69, 9.17) is 4.74 Å². The molecule has 1 aromatic rings. The summed E-state index contributed by atoms with van der Waals surface area (Å²) in [4.78, 5) is 22.0. The van der Waals surface area contributed by atoms with Crippen LogP contribution in [0.2, 0.25) is 0 Å². The van der Waals surface area contributed by atoms with Crippen molar-refractivity contribution in [2.75, 3.05) is 0 Å². The molecule has 17 heavy (non-hydrogen) atoms. The largest absolute Gasteiger partial charge is 0.468 e. The Bertz CT molecular complexity index is 535. The van der Waals surface area contributed by atoms with Crippen LogP contribution in [0.25, 0.3) is 6.08 Å². The molecular formula is C12H11NO4. The number of ether oxygens (including phenoxy) is 1. The average Bonchev–Trinajstić information content (AvgIpc) is 2.27. The minimum Gasteiger partial charge on any atom is -0.468 e. The molecule has 2 rings (SSSR count). The summed E-state index contributed by atoms with van der Waals surface area (Å²) in [5.41, 5.74) is -1.14. The standard InChI is InChI=1S/C12H11NO4/c1-8(14)12(2)11(13(15)16)7-9-5-3-4-6-10(9)17-12/h3-7H,1-2H3. The van der Waals surface area contributed by atoms with Crippen molar-refractivity contribution in [3.63, 3.8) is 0 Å². The Morgan fingerprint density at radius 1 is 1.41 bits per heavy atom. The Labute approximate surface area is 97.9 Å². The van der Waals surface area contributed by atoms with Crippen LogP contribution in [0.5, 0.6) is 5.75 Å². The third kappa shape index (κ3) is 1.69. The number of hydrogen-bond acceptors (Lipinski definition) is 4. The van der Waals surface area contributed by atoms with Crippen LogP contribution < -0.4 is 4.74 Å². The number of rotatable bonds is 2. The zero-order valence-corrected chi connectivity index (χ0v) is 9.47. The van der Waals surface area contributed by atoms with Crippen molar-refractivity contribution in [3.8, 4) is 5.75 Å². The fourth-order valence-electron chi connectivity index (χ4n) is 1.73. The van der Waals surface area contributed by atoms with Crippen LogP contribution in [-0.2, 0) is 4.79 Å². The number of nitrogens with zero attached hydrogens (tertiary/aromatic N) is 1. The lowest BCUT2D eigenvalue weighted by Gasteiger charge is -2.29. The van der Waals surface area contributed by atoms with Crippen molar-refractivity contribution in [3.05, 3.63) is 45.6 Å². The van der Waals surface area contributed by atoms with Gasteiger partial charge >= 0.3 is 0 Å². The Hall–Kier alpha value is -2.17. The van der Waals surface area contributed by atoms with Crippen LogP contribution in [-0.4, -0.2) is 16.3 Å². The van der Waals surface area contributed by atoms with Crippen LogP contribution in [0, 0.1) is 10.1 Å². The summed E-state index contributed by atoms with van der Waals surface area (Å²) in [6, 6.07) is 6.90. The first-order chi connectivity index (χ1) is 7.95. The number of nitro groups is 1. The minimum absolute atomic E-state index is 0.233. The van der Waals surface area contributed by atoms with E-state index in [1.807, 2.05) is 0 Å². The maximum Gasteiger partial charge on any atom is 0.297 e. The predicted octanol–water partition coefficient (Wildman–Crippen LogP) is 2.04. The number of carbonyl (C=O) groups is 1. The first kappa shape index (κ1) is 11.3. The Morgan fingerprint density at radius 2 is 2.06 bits per heavy atom. The highest BCUT2D eigenvalue weighted by Gasteiger charge is 2.47. The second-order valence-corrected chi connectivity index (χ2v) is 4.02. The number of Topliss-reactive ketones (excluding diaryl/α,β-unsaturated/α-hetero) is 1. The fourth-order valence-corrected chi connectivity index (χ4v) is 1.73. The van der Waals surface area contributed by atoms with Crippen molar-refractivity contribution in [2.24, 2.45) is 0 Å². The smallest absolute Gasteiger partial charge is 0.297 e. The van der Waals surface area contributed by atoms with Crippen LogP contribution in [0.3, 0.4) is 0 Å². The van der Waals surface area contributed by atoms with Gasteiger partial charge in [0.2, 0.25) is 0 Å². The van der Waals surface area contributed by atoms with Gasteiger partial charge in [0.25, 0.3) is 11.3 Å². The minimum atomic E-state index is -1.52. The maximum absolute atomic E-state index is 11.6. The summed E-state index contributed by atoms with van der Waals surface area (Å²) in [6.07, 6.45) is 1.39. The van der Waals surface area contributed by atoms with Crippen LogP contribution in [0.1, 0.15) is 19.4 Å². The van der Waals surface area contributed by atoms with Gasteiger partial charge in [0.05, 0.1) is 4.92 Å². The number of ketones is 1. The summed E-state index contributed by atoms with van der Waals surface area (Å²) in [6.45, 7) is 2.70. The fraction of sp³-hybridized carbons (Fsp3) is 0.250. The molecule has 0 fully saturated rings. The van der Waals surface area contributed by atoms with E-state index in [2.05, 4.69) is 0 Å². The van der Waals surface area contributed by atoms with Gasteiger partial charge in [-0.05, 0) is 19.9 Å². The average molecular weight is 233 g/mol. The van der Waals surface area contributed by atoms with Crippen molar-refractivity contribution in [1.29, 1.82) is 0 Å². The molecule has 1 unspecified atom stereocenters. The van der Waals surface area contributed by atoms with Gasteiger partial charge in [-0.3, -0.25) is 14.9 Å². The van der Waals surface area contributed by atoms with Gasteiger partial charge in [-0.2, -0.15) is 0 Å². The first-order valence-corrected chi connectivity index (χ1v) is 5.11. The molecule has 0 saturated carbocycles. The van der Waals surface area contributed by atoms with Crippen molar-refractivity contribution >= 4 is 11.9 Å². The number of fused-ring (bicyclic) bond motifs is 1. The molecule has 5 nitrogen and oxygen atoms in total. The number of carbonyl (C=O) groups excluding carboxylic acids is 1. The molecule has 88 valence electrons. The van der Waals surface area contributed by atoms with Gasteiger partial charge in [0.1, 0.15) is 5.75 Å². The first-order valence-electron chi connectivity index (χ1n) is 5.11. The number of benzene rings is 1. The predicted molar refractivity (Wildman–Crippen MR) is 61.1 cm³/mol. The molecule has 0 spiro atoms. The second-order valence-electron chi connectivity index (χ2n) is 4.02. The van der Waals surface area contributed by atoms with E-state index in [1.54, 1.807) is 24.3 Å². The second kappa shape index (κ2) is 3.69. The molecule has 1 atom stereocenters. The van der Waals surface area contributed by atoms with Gasteiger partial charge in [0, 0.05) is 11.6 Å². The molecule has 1 aliphatic heterocycles. The molecule has 0 amide bonds. The molecule has 5 heteroatoms. The molecule has 1 heterocycles. The highest BCUT2D eigenvalue weighted by Crippen LogP contribution is 2.36. The van der Waals surface area contributed by atoms with Crippen LogP contribution in [0.15, 0.2) is 30.0 Å². The van der Waals surface area contributed by atoms with Crippen LogP contribution >= 0.6 is 0 Å². The highest BCUT2D eigenvalue weighted by atomic mass is 16.6. The van der Waals surface area contributed by atoms with E-state index in [1.165, 1.54) is 19.9 Å². The Morgan fingerprint density at radius 3 is 2.65 bits per heavy atom. The molecule has 0 N–H and O–H groups in total. The molecule has 0 bridgehead atoms.